The zero-order chi connectivity index (χ0) is 15.0. The van der Waals surface area contributed by atoms with Crippen LogP contribution in [0.2, 0.25) is 0 Å². The fourth-order valence-electron chi connectivity index (χ4n) is 1.79. The van der Waals surface area contributed by atoms with Crippen LogP contribution >= 0.6 is 0 Å². The largest absolute Gasteiger partial charge is 0.480 e. The summed E-state index contributed by atoms with van der Waals surface area (Å²) >= 11 is 0. The van der Waals surface area contributed by atoms with Crippen LogP contribution in [0.25, 0.3) is 0 Å². The molecule has 11 heteroatoms. The fourth-order valence-corrected chi connectivity index (χ4v) is 4.62. The minimum Gasteiger partial charge on any atom is -0.480 e. The first-order chi connectivity index (χ1) is 9.21. The van der Waals surface area contributed by atoms with E-state index in [-0.39, 0.29) is 29.5 Å². The molecule has 0 bridgehead atoms. The zero-order valence-electron chi connectivity index (χ0n) is 10.3. The van der Waals surface area contributed by atoms with Gasteiger partial charge in [0.2, 0.25) is 10.0 Å². The lowest BCUT2D eigenvalue weighted by atomic mass is 10.6. The van der Waals surface area contributed by atoms with E-state index in [1.165, 1.54) is 0 Å². The molecule has 2 rings (SSSR count). The second-order valence-electron chi connectivity index (χ2n) is 4.32. The van der Waals surface area contributed by atoms with Gasteiger partial charge in [0, 0.05) is 19.3 Å². The third-order valence-corrected chi connectivity index (χ3v) is 6.31. The van der Waals surface area contributed by atoms with E-state index in [1.807, 2.05) is 0 Å². The Balaban J connectivity index is 2.18. The van der Waals surface area contributed by atoms with Gasteiger partial charge in [-0.2, -0.15) is 9.40 Å². The monoisotopic (exact) mass is 323 g/mol. The first-order valence-electron chi connectivity index (χ1n) is 5.65. The molecule has 0 atom stereocenters. The number of hydrogen-bond acceptors (Lipinski definition) is 6. The van der Waals surface area contributed by atoms with Crippen LogP contribution in [0.3, 0.4) is 0 Å². The van der Waals surface area contributed by atoms with Crippen LogP contribution in [-0.4, -0.2) is 66.6 Å². The van der Waals surface area contributed by atoms with Gasteiger partial charge in [-0.15, -0.1) is 0 Å². The molecule has 1 aliphatic rings. The molecule has 112 valence electrons. The molecule has 0 radical (unpaired) electrons. The van der Waals surface area contributed by atoms with Gasteiger partial charge in [-0.25, -0.2) is 16.8 Å². The van der Waals surface area contributed by atoms with Crippen LogP contribution in [0, 0.1) is 0 Å². The number of sulfone groups is 1. The Kier molecular flexibility index (Phi) is 3.84. The third-order valence-electron chi connectivity index (χ3n) is 2.85. The van der Waals surface area contributed by atoms with Crippen molar-refractivity contribution in [2.24, 2.45) is 0 Å². The molecule has 0 aromatic carbocycles. The summed E-state index contributed by atoms with van der Waals surface area (Å²) < 4.78 is 49.1. The maximum absolute atomic E-state index is 12.2. The van der Waals surface area contributed by atoms with Gasteiger partial charge in [0.1, 0.15) is 11.4 Å². The summed E-state index contributed by atoms with van der Waals surface area (Å²) in [5.41, 5.74) is 0. The van der Waals surface area contributed by atoms with Gasteiger partial charge in [-0.3, -0.25) is 9.48 Å². The molecule has 0 unspecified atom stereocenters. The summed E-state index contributed by atoms with van der Waals surface area (Å²) in [7, 11) is -7.01. The third kappa shape index (κ3) is 3.16. The van der Waals surface area contributed by atoms with Crippen molar-refractivity contribution in [2.75, 3.05) is 24.6 Å². The molecule has 1 N–H and O–H groups in total. The average molecular weight is 323 g/mol. The van der Waals surface area contributed by atoms with Crippen LogP contribution in [-0.2, 0) is 31.2 Å². The number of carboxylic acids is 1. The van der Waals surface area contributed by atoms with E-state index in [0.29, 0.717) is 0 Å². The van der Waals surface area contributed by atoms with Crippen LogP contribution in [0.4, 0.5) is 0 Å². The Morgan fingerprint density at radius 3 is 2.50 bits per heavy atom. The van der Waals surface area contributed by atoms with Crippen LogP contribution in [0.15, 0.2) is 17.3 Å². The molecule has 0 amide bonds. The maximum atomic E-state index is 12.2. The normalized spacial score (nSPS) is 19.8. The molecule has 1 fully saturated rings. The molecule has 9 nitrogen and oxygen atoms in total. The second kappa shape index (κ2) is 5.14. The predicted octanol–water partition coefficient (Wildman–Crippen LogP) is -1.61. The van der Waals surface area contributed by atoms with Crippen molar-refractivity contribution in [1.82, 2.24) is 14.1 Å². The summed E-state index contributed by atoms with van der Waals surface area (Å²) in [6.07, 6.45) is 2.17. The van der Waals surface area contributed by atoms with Crippen molar-refractivity contribution in [3.63, 3.8) is 0 Å². The number of rotatable bonds is 4. The Hall–Kier alpha value is -1.46. The highest BCUT2D eigenvalue weighted by Gasteiger charge is 2.32. The molecule has 1 saturated heterocycles. The van der Waals surface area contributed by atoms with Crippen molar-refractivity contribution in [3.8, 4) is 0 Å². The molecule has 1 aliphatic heterocycles. The van der Waals surface area contributed by atoms with Gasteiger partial charge in [0.15, 0.2) is 9.84 Å². The molecular weight excluding hydrogens is 310 g/mol. The van der Waals surface area contributed by atoms with Gasteiger partial charge in [-0.1, -0.05) is 0 Å². The SMILES string of the molecule is O=C(O)Cn1cc(S(=O)(=O)N2CCS(=O)(=O)CC2)cn1. The summed E-state index contributed by atoms with van der Waals surface area (Å²) in [4.78, 5) is 10.4. The number of carbonyl (C=O) groups is 1. The molecule has 1 aromatic heterocycles. The highest BCUT2D eigenvalue weighted by atomic mass is 32.2. The number of carboxylic acid groups (broad SMARTS) is 1. The summed E-state index contributed by atoms with van der Waals surface area (Å²) in [5.74, 6) is -1.56. The van der Waals surface area contributed by atoms with E-state index in [2.05, 4.69) is 5.10 Å². The van der Waals surface area contributed by atoms with Crippen LogP contribution in [0.5, 0.6) is 0 Å². The zero-order valence-corrected chi connectivity index (χ0v) is 12.0. The van der Waals surface area contributed by atoms with Gasteiger partial charge >= 0.3 is 5.97 Å². The van der Waals surface area contributed by atoms with Crippen molar-refractivity contribution >= 4 is 25.8 Å². The van der Waals surface area contributed by atoms with E-state index in [9.17, 15) is 21.6 Å². The Morgan fingerprint density at radius 1 is 1.35 bits per heavy atom. The number of aliphatic carboxylic acids is 1. The number of hydrogen-bond donors (Lipinski definition) is 1. The van der Waals surface area contributed by atoms with Crippen molar-refractivity contribution in [2.45, 2.75) is 11.4 Å². The summed E-state index contributed by atoms with van der Waals surface area (Å²) in [5, 5.41) is 12.3. The molecule has 2 heterocycles. The molecule has 1 aromatic rings. The molecular formula is C9H13N3O6S2. The highest BCUT2D eigenvalue weighted by Crippen LogP contribution is 2.17. The van der Waals surface area contributed by atoms with Crippen molar-refractivity contribution < 1.29 is 26.7 Å². The van der Waals surface area contributed by atoms with Gasteiger partial charge in [0.05, 0.1) is 17.7 Å². The Morgan fingerprint density at radius 2 is 1.95 bits per heavy atom. The standard InChI is InChI=1S/C9H13N3O6S2/c13-9(14)7-11-6-8(5-10-11)20(17,18)12-1-3-19(15,16)4-2-12/h5-6H,1-4,7H2,(H,13,14). The first-order valence-corrected chi connectivity index (χ1v) is 8.92. The number of nitrogens with zero attached hydrogens (tertiary/aromatic N) is 3. The van der Waals surface area contributed by atoms with E-state index in [4.69, 9.17) is 5.11 Å². The quantitative estimate of drug-likeness (QED) is 0.706. The number of sulfonamides is 1. The Labute approximate surface area is 115 Å². The minimum absolute atomic E-state index is 0.102. The molecule has 0 spiro atoms. The van der Waals surface area contributed by atoms with E-state index in [0.717, 1.165) is 21.4 Å². The lowest BCUT2D eigenvalue weighted by Crippen LogP contribution is -2.43. The molecule has 0 aliphatic carbocycles. The smallest absolute Gasteiger partial charge is 0.325 e. The van der Waals surface area contributed by atoms with Gasteiger partial charge < -0.3 is 5.11 Å². The predicted molar refractivity (Wildman–Crippen MR) is 67.3 cm³/mol. The molecule has 20 heavy (non-hydrogen) atoms. The number of aromatic nitrogens is 2. The lowest BCUT2D eigenvalue weighted by Gasteiger charge is -2.25. The van der Waals surface area contributed by atoms with Crippen molar-refractivity contribution in [1.29, 1.82) is 0 Å². The summed E-state index contributed by atoms with van der Waals surface area (Å²) in [6.45, 7) is -0.645. The fraction of sp³-hybridized carbons (Fsp3) is 0.556. The first kappa shape index (κ1) is 14.9. The van der Waals surface area contributed by atoms with E-state index >= 15 is 0 Å². The second-order valence-corrected chi connectivity index (χ2v) is 8.56. The Bertz CT molecular complexity index is 707. The average Bonchev–Trinajstić information content (AvgIpc) is 2.76. The van der Waals surface area contributed by atoms with E-state index < -0.39 is 32.4 Å². The topological polar surface area (TPSA) is 127 Å². The van der Waals surface area contributed by atoms with Crippen LogP contribution in [0.1, 0.15) is 0 Å². The lowest BCUT2D eigenvalue weighted by molar-refractivity contribution is -0.137. The van der Waals surface area contributed by atoms with Gasteiger partial charge in [0.25, 0.3) is 0 Å². The maximum Gasteiger partial charge on any atom is 0.325 e. The van der Waals surface area contributed by atoms with Crippen LogP contribution < -0.4 is 0 Å². The van der Waals surface area contributed by atoms with Crippen molar-refractivity contribution in [3.05, 3.63) is 12.4 Å². The minimum atomic E-state index is -3.83. The van der Waals surface area contributed by atoms with Gasteiger partial charge in [-0.05, 0) is 0 Å². The molecule has 0 saturated carbocycles. The highest BCUT2D eigenvalue weighted by molar-refractivity contribution is 7.92. The summed E-state index contributed by atoms with van der Waals surface area (Å²) in [6, 6.07) is 0. The van der Waals surface area contributed by atoms with E-state index in [1.54, 1.807) is 0 Å².